The van der Waals surface area contributed by atoms with Crippen LogP contribution in [0, 0.1) is 12.7 Å². The molecule has 0 aromatic heterocycles. The van der Waals surface area contributed by atoms with E-state index >= 15 is 0 Å². The molecule has 0 atom stereocenters. The van der Waals surface area contributed by atoms with Gasteiger partial charge in [0.25, 0.3) is 0 Å². The number of halogens is 1. The predicted molar refractivity (Wildman–Crippen MR) is 49.9 cm³/mol. The Labute approximate surface area is 75.7 Å². The van der Waals surface area contributed by atoms with Crippen LogP contribution in [0.4, 0.5) is 15.8 Å². The second-order valence-corrected chi connectivity index (χ2v) is 2.82. The van der Waals surface area contributed by atoms with E-state index in [2.05, 4.69) is 5.32 Å². The highest BCUT2D eigenvalue weighted by Crippen LogP contribution is 2.24. The van der Waals surface area contributed by atoms with Gasteiger partial charge in [-0.05, 0) is 24.6 Å². The topological polar surface area (TPSA) is 55.1 Å². The molecule has 3 N–H and O–H groups in total. The fourth-order valence-corrected chi connectivity index (χ4v) is 1.02. The number of rotatable bonds is 1. The van der Waals surface area contributed by atoms with Gasteiger partial charge in [-0.25, -0.2) is 4.39 Å². The maximum Gasteiger partial charge on any atom is 0.221 e. The molecule has 0 unspecified atom stereocenters. The number of amides is 1. The Morgan fingerprint density at radius 3 is 2.69 bits per heavy atom. The Balaban J connectivity index is 3.17. The first-order valence-electron chi connectivity index (χ1n) is 3.84. The lowest BCUT2D eigenvalue weighted by Gasteiger charge is -2.09. The molecular weight excluding hydrogens is 171 g/mol. The van der Waals surface area contributed by atoms with E-state index < -0.39 is 5.82 Å². The van der Waals surface area contributed by atoms with E-state index in [1.165, 1.54) is 19.1 Å². The smallest absolute Gasteiger partial charge is 0.221 e. The average molecular weight is 182 g/mol. The largest absolute Gasteiger partial charge is 0.398 e. The number of nitrogens with two attached hydrogens (primary N) is 1. The number of nitrogen functional groups attached to an aromatic ring is 1. The number of carbonyl (C=O) groups is 1. The first-order chi connectivity index (χ1) is 6.02. The third kappa shape index (κ3) is 1.96. The summed E-state index contributed by atoms with van der Waals surface area (Å²) in [5, 5.41) is 2.39. The molecule has 0 bridgehead atoms. The summed E-state index contributed by atoms with van der Waals surface area (Å²) in [7, 11) is 0. The van der Waals surface area contributed by atoms with Crippen molar-refractivity contribution in [1.29, 1.82) is 0 Å². The molecule has 1 aromatic rings. The van der Waals surface area contributed by atoms with E-state index in [-0.39, 0.29) is 11.6 Å². The SMILES string of the molecule is CC(=O)Nc1c(F)ccc(N)c1C. The van der Waals surface area contributed by atoms with Crippen molar-refractivity contribution in [1.82, 2.24) is 0 Å². The highest BCUT2D eigenvalue weighted by Gasteiger charge is 2.08. The summed E-state index contributed by atoms with van der Waals surface area (Å²) in [6.45, 7) is 2.98. The molecule has 0 heterocycles. The third-order valence-corrected chi connectivity index (χ3v) is 1.76. The normalized spacial score (nSPS) is 9.77. The zero-order valence-electron chi connectivity index (χ0n) is 7.52. The maximum atomic E-state index is 13.1. The summed E-state index contributed by atoms with van der Waals surface area (Å²) in [6, 6.07) is 2.70. The van der Waals surface area contributed by atoms with Gasteiger partial charge in [0.2, 0.25) is 5.91 Å². The van der Waals surface area contributed by atoms with Crippen LogP contribution in [0.3, 0.4) is 0 Å². The predicted octanol–water partition coefficient (Wildman–Crippen LogP) is 1.67. The molecule has 0 radical (unpaired) electrons. The van der Waals surface area contributed by atoms with Gasteiger partial charge in [0.1, 0.15) is 5.82 Å². The van der Waals surface area contributed by atoms with Gasteiger partial charge < -0.3 is 11.1 Å². The first-order valence-corrected chi connectivity index (χ1v) is 3.84. The first kappa shape index (κ1) is 9.51. The monoisotopic (exact) mass is 182 g/mol. The standard InChI is InChI=1S/C9H11FN2O/c1-5-8(11)4-3-7(10)9(5)12-6(2)13/h3-4H,11H2,1-2H3,(H,12,13). The van der Waals surface area contributed by atoms with Crippen LogP contribution in [0.1, 0.15) is 12.5 Å². The van der Waals surface area contributed by atoms with E-state index in [1.54, 1.807) is 6.92 Å². The van der Waals surface area contributed by atoms with Crippen LogP contribution in [0.15, 0.2) is 12.1 Å². The molecule has 70 valence electrons. The summed E-state index contributed by atoms with van der Waals surface area (Å²) in [5.74, 6) is -0.783. The van der Waals surface area contributed by atoms with Crippen molar-refractivity contribution in [3.8, 4) is 0 Å². The highest BCUT2D eigenvalue weighted by atomic mass is 19.1. The number of anilines is 2. The molecular formula is C9H11FN2O. The van der Waals surface area contributed by atoms with Gasteiger partial charge in [0, 0.05) is 12.6 Å². The van der Waals surface area contributed by atoms with Crippen LogP contribution < -0.4 is 11.1 Å². The molecule has 0 aliphatic heterocycles. The Morgan fingerprint density at radius 2 is 2.15 bits per heavy atom. The van der Waals surface area contributed by atoms with Crippen molar-refractivity contribution in [2.24, 2.45) is 0 Å². The minimum atomic E-state index is -0.470. The molecule has 1 amide bonds. The van der Waals surface area contributed by atoms with Crippen molar-refractivity contribution in [3.05, 3.63) is 23.5 Å². The number of hydrogen-bond donors (Lipinski definition) is 2. The molecule has 0 saturated carbocycles. The van der Waals surface area contributed by atoms with Crippen molar-refractivity contribution >= 4 is 17.3 Å². The molecule has 1 rings (SSSR count). The summed E-state index contributed by atoms with van der Waals surface area (Å²) in [5.41, 5.74) is 6.72. The van der Waals surface area contributed by atoms with E-state index in [0.29, 0.717) is 11.3 Å². The van der Waals surface area contributed by atoms with Crippen LogP contribution in [-0.2, 0) is 4.79 Å². The van der Waals surface area contributed by atoms with Gasteiger partial charge in [-0.15, -0.1) is 0 Å². The van der Waals surface area contributed by atoms with Gasteiger partial charge in [-0.2, -0.15) is 0 Å². The van der Waals surface area contributed by atoms with Crippen LogP contribution in [0.25, 0.3) is 0 Å². The Morgan fingerprint density at radius 1 is 1.54 bits per heavy atom. The second-order valence-electron chi connectivity index (χ2n) is 2.82. The van der Waals surface area contributed by atoms with Crippen molar-refractivity contribution in [2.75, 3.05) is 11.1 Å². The van der Waals surface area contributed by atoms with Crippen LogP contribution in [0.5, 0.6) is 0 Å². The lowest BCUT2D eigenvalue weighted by Crippen LogP contribution is -2.10. The summed E-state index contributed by atoms with van der Waals surface area (Å²) in [4.78, 5) is 10.7. The van der Waals surface area contributed by atoms with Gasteiger partial charge in [-0.3, -0.25) is 4.79 Å². The second kappa shape index (κ2) is 3.43. The van der Waals surface area contributed by atoms with Crippen molar-refractivity contribution in [2.45, 2.75) is 13.8 Å². The number of carbonyl (C=O) groups excluding carboxylic acids is 1. The summed E-state index contributed by atoms with van der Waals surface area (Å²) >= 11 is 0. The molecule has 1 aromatic carbocycles. The van der Waals surface area contributed by atoms with Crippen LogP contribution in [0.2, 0.25) is 0 Å². The van der Waals surface area contributed by atoms with E-state index in [4.69, 9.17) is 5.73 Å². The molecule has 0 aliphatic rings. The fraction of sp³-hybridized carbons (Fsp3) is 0.222. The van der Waals surface area contributed by atoms with E-state index in [1.807, 2.05) is 0 Å². The molecule has 0 aliphatic carbocycles. The van der Waals surface area contributed by atoms with E-state index in [0.717, 1.165) is 0 Å². The lowest BCUT2D eigenvalue weighted by molar-refractivity contribution is -0.114. The van der Waals surface area contributed by atoms with Crippen LogP contribution in [-0.4, -0.2) is 5.91 Å². The zero-order valence-corrected chi connectivity index (χ0v) is 7.52. The Hall–Kier alpha value is -1.58. The maximum absolute atomic E-state index is 13.1. The molecule has 4 heteroatoms. The van der Waals surface area contributed by atoms with Crippen LogP contribution >= 0.6 is 0 Å². The number of benzene rings is 1. The third-order valence-electron chi connectivity index (χ3n) is 1.76. The molecule has 13 heavy (non-hydrogen) atoms. The summed E-state index contributed by atoms with van der Waals surface area (Å²) in [6.07, 6.45) is 0. The minimum absolute atomic E-state index is 0.160. The number of hydrogen-bond acceptors (Lipinski definition) is 2. The molecule has 0 fully saturated rings. The van der Waals surface area contributed by atoms with Gasteiger partial charge in [-0.1, -0.05) is 0 Å². The zero-order chi connectivity index (χ0) is 10.0. The lowest BCUT2D eigenvalue weighted by atomic mass is 10.1. The van der Waals surface area contributed by atoms with Crippen molar-refractivity contribution in [3.63, 3.8) is 0 Å². The van der Waals surface area contributed by atoms with Gasteiger partial charge in [0.15, 0.2) is 0 Å². The number of nitrogens with one attached hydrogen (secondary N) is 1. The van der Waals surface area contributed by atoms with E-state index in [9.17, 15) is 9.18 Å². The molecule has 0 saturated heterocycles. The average Bonchev–Trinajstić information content (AvgIpc) is 2.05. The van der Waals surface area contributed by atoms with Gasteiger partial charge in [0.05, 0.1) is 5.69 Å². The molecule has 3 nitrogen and oxygen atoms in total. The fourth-order valence-electron chi connectivity index (χ4n) is 1.02. The quantitative estimate of drug-likeness (QED) is 0.649. The highest BCUT2D eigenvalue weighted by molar-refractivity contribution is 5.90. The minimum Gasteiger partial charge on any atom is -0.398 e. The Bertz CT molecular complexity index is 350. The van der Waals surface area contributed by atoms with Crippen molar-refractivity contribution < 1.29 is 9.18 Å². The molecule has 0 spiro atoms. The summed E-state index contributed by atoms with van der Waals surface area (Å²) < 4.78 is 13.1. The Kier molecular flexibility index (Phi) is 2.51. The van der Waals surface area contributed by atoms with Gasteiger partial charge >= 0.3 is 0 Å².